The van der Waals surface area contributed by atoms with Gasteiger partial charge in [0.05, 0.1) is 16.6 Å². The summed E-state index contributed by atoms with van der Waals surface area (Å²) in [6.45, 7) is 4.83. The number of hydrogen-bond acceptors (Lipinski definition) is 3. The normalized spacial score (nSPS) is 14.8. The van der Waals surface area contributed by atoms with Crippen LogP contribution in [0.4, 0.5) is 5.69 Å². The molecule has 0 unspecified atom stereocenters. The van der Waals surface area contributed by atoms with E-state index in [-0.39, 0.29) is 11.8 Å². The smallest absolute Gasteiger partial charge is 0.246 e. The number of aryl methyl sites for hydroxylation is 1. The molecule has 1 saturated heterocycles. The van der Waals surface area contributed by atoms with E-state index >= 15 is 0 Å². The highest BCUT2D eigenvalue weighted by Gasteiger charge is 2.21. The molecule has 0 aliphatic carbocycles. The molecule has 5 nitrogen and oxygen atoms in total. The van der Waals surface area contributed by atoms with E-state index in [1.807, 2.05) is 30.3 Å². The molecular weight excluding hydrogens is 421 g/mol. The zero-order valence-corrected chi connectivity index (χ0v) is 18.4. The predicted molar refractivity (Wildman–Crippen MR) is 123 cm³/mol. The van der Waals surface area contributed by atoms with Crippen LogP contribution in [0.25, 0.3) is 6.08 Å². The van der Waals surface area contributed by atoms with Gasteiger partial charge in [0.1, 0.15) is 0 Å². The lowest BCUT2D eigenvalue weighted by Gasteiger charge is -2.33. The summed E-state index contributed by atoms with van der Waals surface area (Å²) in [7, 11) is 0. The van der Waals surface area contributed by atoms with Gasteiger partial charge >= 0.3 is 0 Å². The second kappa shape index (κ2) is 10.6. The first-order chi connectivity index (χ1) is 14.5. The van der Waals surface area contributed by atoms with Gasteiger partial charge in [-0.25, -0.2) is 0 Å². The van der Waals surface area contributed by atoms with Crippen LogP contribution in [-0.2, 0) is 16.0 Å². The summed E-state index contributed by atoms with van der Waals surface area (Å²) in [4.78, 5) is 28.7. The van der Waals surface area contributed by atoms with Crippen LogP contribution in [0.1, 0.15) is 18.1 Å². The zero-order chi connectivity index (χ0) is 21.5. The third-order valence-corrected chi connectivity index (χ3v) is 5.94. The van der Waals surface area contributed by atoms with Gasteiger partial charge in [-0.1, -0.05) is 60.5 Å². The van der Waals surface area contributed by atoms with E-state index in [9.17, 15) is 9.59 Å². The molecule has 0 radical (unpaired) electrons. The highest BCUT2D eigenvalue weighted by molar-refractivity contribution is 6.42. The monoisotopic (exact) mass is 445 g/mol. The summed E-state index contributed by atoms with van der Waals surface area (Å²) in [6, 6.07) is 13.1. The van der Waals surface area contributed by atoms with Gasteiger partial charge in [0.15, 0.2) is 0 Å². The van der Waals surface area contributed by atoms with Crippen LogP contribution in [0.2, 0.25) is 10.0 Å². The van der Waals surface area contributed by atoms with Crippen LogP contribution in [0.3, 0.4) is 0 Å². The molecule has 0 bridgehead atoms. The Labute approximate surface area is 187 Å². The maximum absolute atomic E-state index is 12.5. The molecule has 1 aliphatic rings. The van der Waals surface area contributed by atoms with Crippen molar-refractivity contribution in [3.8, 4) is 0 Å². The molecule has 2 aromatic carbocycles. The fourth-order valence-corrected chi connectivity index (χ4v) is 3.76. The van der Waals surface area contributed by atoms with E-state index in [2.05, 4.69) is 17.1 Å². The van der Waals surface area contributed by atoms with Crippen LogP contribution in [-0.4, -0.2) is 54.3 Å². The Kier molecular flexibility index (Phi) is 7.91. The Morgan fingerprint density at radius 3 is 2.50 bits per heavy atom. The minimum absolute atomic E-state index is 0.0360. The van der Waals surface area contributed by atoms with E-state index in [1.165, 1.54) is 6.08 Å². The highest BCUT2D eigenvalue weighted by atomic mass is 35.5. The molecule has 2 amide bonds. The number of halogens is 2. The lowest BCUT2D eigenvalue weighted by atomic mass is 10.1. The topological polar surface area (TPSA) is 52.7 Å². The van der Waals surface area contributed by atoms with Gasteiger partial charge in [0.25, 0.3) is 0 Å². The van der Waals surface area contributed by atoms with Crippen LogP contribution < -0.4 is 5.32 Å². The fourth-order valence-electron chi connectivity index (χ4n) is 3.39. The molecule has 158 valence electrons. The van der Waals surface area contributed by atoms with Gasteiger partial charge in [0.2, 0.25) is 11.8 Å². The maximum Gasteiger partial charge on any atom is 0.246 e. The number of hydrogen-bond donors (Lipinski definition) is 1. The first kappa shape index (κ1) is 22.3. The number of nitrogens with one attached hydrogen (secondary N) is 1. The standard InChI is InChI=1S/C23H25Cl2N3O2/c1-2-17-6-3-4-9-20(17)26-21(29)16-27-12-14-28(15-13-27)22(30)11-10-18-7-5-8-19(24)23(18)25/h3-11H,2,12-16H2,1H3,(H,26,29). The first-order valence-corrected chi connectivity index (χ1v) is 10.7. The van der Waals surface area contributed by atoms with Crippen molar-refractivity contribution in [1.29, 1.82) is 0 Å². The van der Waals surface area contributed by atoms with Gasteiger partial charge in [-0.15, -0.1) is 0 Å². The molecule has 7 heteroatoms. The average molecular weight is 446 g/mol. The lowest BCUT2D eigenvalue weighted by Crippen LogP contribution is -2.50. The van der Waals surface area contributed by atoms with E-state index in [1.54, 1.807) is 23.1 Å². The second-order valence-corrected chi connectivity index (χ2v) is 7.92. The largest absolute Gasteiger partial charge is 0.337 e. The average Bonchev–Trinajstić information content (AvgIpc) is 2.75. The van der Waals surface area contributed by atoms with Gasteiger partial charge in [-0.3, -0.25) is 14.5 Å². The van der Waals surface area contributed by atoms with E-state index in [0.29, 0.717) is 48.3 Å². The van der Waals surface area contributed by atoms with Crippen molar-refractivity contribution in [3.05, 3.63) is 69.7 Å². The summed E-state index contributed by atoms with van der Waals surface area (Å²) in [5.41, 5.74) is 2.69. The molecule has 1 aliphatic heterocycles. The van der Waals surface area contributed by atoms with Gasteiger partial charge in [0, 0.05) is 37.9 Å². The Bertz CT molecular complexity index is 938. The number of nitrogens with zero attached hydrogens (tertiary/aromatic N) is 2. The summed E-state index contributed by atoms with van der Waals surface area (Å²) in [5.74, 6) is -0.113. The summed E-state index contributed by atoms with van der Waals surface area (Å²) in [5, 5.41) is 3.89. The van der Waals surface area contributed by atoms with Crippen LogP contribution in [0, 0.1) is 0 Å². The van der Waals surface area contributed by atoms with Crippen molar-refractivity contribution in [3.63, 3.8) is 0 Å². The molecule has 3 rings (SSSR count). The van der Waals surface area contributed by atoms with Crippen LogP contribution >= 0.6 is 23.2 Å². The minimum Gasteiger partial charge on any atom is -0.337 e. The Balaban J connectivity index is 1.48. The SMILES string of the molecule is CCc1ccccc1NC(=O)CN1CCN(C(=O)C=Cc2cccc(Cl)c2Cl)CC1. The molecule has 2 aromatic rings. The summed E-state index contributed by atoms with van der Waals surface area (Å²) in [6.07, 6.45) is 4.06. The van der Waals surface area contributed by atoms with Crippen molar-refractivity contribution in [2.75, 3.05) is 38.0 Å². The van der Waals surface area contributed by atoms with Crippen molar-refractivity contribution in [2.45, 2.75) is 13.3 Å². The fraction of sp³-hybridized carbons (Fsp3) is 0.304. The summed E-state index contributed by atoms with van der Waals surface area (Å²) < 4.78 is 0. The molecular formula is C23H25Cl2N3O2. The molecule has 0 saturated carbocycles. The number of rotatable bonds is 6. The molecule has 0 spiro atoms. The third-order valence-electron chi connectivity index (χ3n) is 5.11. The molecule has 0 atom stereocenters. The molecule has 1 heterocycles. The van der Waals surface area contributed by atoms with E-state index in [0.717, 1.165) is 17.7 Å². The summed E-state index contributed by atoms with van der Waals surface area (Å²) >= 11 is 12.2. The zero-order valence-electron chi connectivity index (χ0n) is 16.9. The predicted octanol–water partition coefficient (Wildman–Crippen LogP) is 4.35. The van der Waals surface area contributed by atoms with Crippen molar-refractivity contribution < 1.29 is 9.59 Å². The molecule has 0 aromatic heterocycles. The van der Waals surface area contributed by atoms with Crippen molar-refractivity contribution >= 4 is 46.8 Å². The number of anilines is 1. The minimum atomic E-state index is -0.0768. The first-order valence-electron chi connectivity index (χ1n) is 9.99. The lowest BCUT2D eigenvalue weighted by molar-refractivity contribution is -0.127. The highest BCUT2D eigenvalue weighted by Crippen LogP contribution is 2.26. The quantitative estimate of drug-likeness (QED) is 0.672. The molecule has 1 fully saturated rings. The Morgan fingerprint density at radius 1 is 1.03 bits per heavy atom. The number of para-hydroxylation sites is 1. The number of benzene rings is 2. The van der Waals surface area contributed by atoms with E-state index < -0.39 is 0 Å². The number of carbonyl (C=O) groups excluding carboxylic acids is 2. The van der Waals surface area contributed by atoms with E-state index in [4.69, 9.17) is 23.2 Å². The van der Waals surface area contributed by atoms with Gasteiger partial charge < -0.3 is 10.2 Å². The van der Waals surface area contributed by atoms with Crippen molar-refractivity contribution in [1.82, 2.24) is 9.80 Å². The van der Waals surface area contributed by atoms with Crippen LogP contribution in [0.5, 0.6) is 0 Å². The van der Waals surface area contributed by atoms with Gasteiger partial charge in [-0.2, -0.15) is 0 Å². The molecule has 1 N–H and O–H groups in total. The van der Waals surface area contributed by atoms with Crippen molar-refractivity contribution in [2.24, 2.45) is 0 Å². The van der Waals surface area contributed by atoms with Gasteiger partial charge in [-0.05, 0) is 35.8 Å². The second-order valence-electron chi connectivity index (χ2n) is 7.14. The maximum atomic E-state index is 12.5. The Hall–Kier alpha value is -2.34. The Morgan fingerprint density at radius 2 is 1.77 bits per heavy atom. The number of carbonyl (C=O) groups is 2. The number of amides is 2. The van der Waals surface area contributed by atoms with Crippen LogP contribution in [0.15, 0.2) is 48.5 Å². The molecule has 30 heavy (non-hydrogen) atoms. The third kappa shape index (κ3) is 5.85. The number of piperazine rings is 1.